The Labute approximate surface area is 185 Å². The van der Waals surface area contributed by atoms with Gasteiger partial charge in [0.05, 0.1) is 11.5 Å². The summed E-state index contributed by atoms with van der Waals surface area (Å²) in [5.41, 5.74) is 1.30. The van der Waals surface area contributed by atoms with Crippen LogP contribution < -0.4 is 0 Å². The number of aromatic nitrogens is 1. The van der Waals surface area contributed by atoms with Crippen molar-refractivity contribution in [3.05, 3.63) is 64.9 Å². The van der Waals surface area contributed by atoms with Gasteiger partial charge in [-0.05, 0) is 62.6 Å². The van der Waals surface area contributed by atoms with E-state index in [2.05, 4.69) is 4.98 Å². The Kier molecular flexibility index (Phi) is 7.15. The summed E-state index contributed by atoms with van der Waals surface area (Å²) >= 11 is 7.30. The number of rotatable bonds is 7. The fourth-order valence-electron chi connectivity index (χ4n) is 3.29. The monoisotopic (exact) mass is 446 g/mol. The standard InChI is InChI=1S/C22H23ClN2O4S/c1-22(2)25(20(27)19(26)16-7-9-17(23)10-8-16)18(14-30-22)21(28)29-12-4-6-15-5-3-11-24-13-15/h3,5,7-11,13,18H,4,6,12,14H2,1-2H3/t18-/m0/s1. The first-order valence-electron chi connectivity index (χ1n) is 9.62. The molecule has 2 aromatic rings. The summed E-state index contributed by atoms with van der Waals surface area (Å²) in [5.74, 6) is -1.49. The van der Waals surface area contributed by atoms with Crippen LogP contribution in [0, 0.1) is 0 Å². The molecule has 1 fully saturated rings. The molecule has 8 heteroatoms. The molecule has 0 bridgehead atoms. The first-order valence-corrected chi connectivity index (χ1v) is 11.0. The van der Waals surface area contributed by atoms with Gasteiger partial charge in [0.2, 0.25) is 5.78 Å². The molecule has 1 amide bonds. The van der Waals surface area contributed by atoms with Gasteiger partial charge < -0.3 is 9.64 Å². The predicted molar refractivity (Wildman–Crippen MR) is 116 cm³/mol. The summed E-state index contributed by atoms with van der Waals surface area (Å²) in [6.07, 6.45) is 4.88. The van der Waals surface area contributed by atoms with Gasteiger partial charge in [-0.3, -0.25) is 14.6 Å². The van der Waals surface area contributed by atoms with Crippen molar-refractivity contribution in [2.75, 3.05) is 12.4 Å². The Balaban J connectivity index is 1.63. The molecule has 0 aliphatic carbocycles. The molecular weight excluding hydrogens is 424 g/mol. The zero-order valence-electron chi connectivity index (χ0n) is 16.8. The third-order valence-electron chi connectivity index (χ3n) is 4.85. The van der Waals surface area contributed by atoms with E-state index in [9.17, 15) is 14.4 Å². The number of aryl methyl sites for hydroxylation is 1. The number of ether oxygens (including phenoxy) is 1. The zero-order chi connectivity index (χ0) is 21.7. The topological polar surface area (TPSA) is 76.6 Å². The van der Waals surface area contributed by atoms with Crippen LogP contribution in [0.2, 0.25) is 5.02 Å². The lowest BCUT2D eigenvalue weighted by molar-refractivity contribution is -0.154. The van der Waals surface area contributed by atoms with Crippen molar-refractivity contribution in [2.45, 2.75) is 37.6 Å². The third kappa shape index (κ3) is 5.21. The van der Waals surface area contributed by atoms with E-state index in [-0.39, 0.29) is 12.2 Å². The minimum atomic E-state index is -0.799. The van der Waals surface area contributed by atoms with E-state index in [1.807, 2.05) is 26.0 Å². The average molecular weight is 447 g/mol. The molecule has 1 atom stereocenters. The highest BCUT2D eigenvalue weighted by atomic mass is 35.5. The number of hydrogen-bond donors (Lipinski definition) is 0. The molecular formula is C22H23ClN2O4S. The Morgan fingerprint density at radius 2 is 1.97 bits per heavy atom. The Morgan fingerprint density at radius 1 is 1.23 bits per heavy atom. The number of Topliss-reactive ketones (excluding diaryl/α,β-unsaturated/α-hetero) is 1. The highest BCUT2D eigenvalue weighted by Crippen LogP contribution is 2.39. The number of amides is 1. The Hall–Kier alpha value is -2.38. The second-order valence-corrected chi connectivity index (χ2v) is 9.47. The number of ketones is 1. The maximum absolute atomic E-state index is 13.0. The van der Waals surface area contributed by atoms with Gasteiger partial charge in [-0.1, -0.05) is 17.7 Å². The third-order valence-corrected chi connectivity index (χ3v) is 6.49. The maximum Gasteiger partial charge on any atom is 0.329 e. The highest BCUT2D eigenvalue weighted by Gasteiger charge is 2.49. The van der Waals surface area contributed by atoms with Gasteiger partial charge in [-0.2, -0.15) is 0 Å². The number of carbonyl (C=O) groups is 3. The molecule has 0 saturated carbocycles. The summed E-state index contributed by atoms with van der Waals surface area (Å²) < 4.78 is 5.43. The summed E-state index contributed by atoms with van der Waals surface area (Å²) in [6.45, 7) is 3.88. The molecule has 0 radical (unpaired) electrons. The van der Waals surface area contributed by atoms with Crippen molar-refractivity contribution in [1.82, 2.24) is 9.88 Å². The van der Waals surface area contributed by atoms with E-state index in [0.717, 1.165) is 12.0 Å². The highest BCUT2D eigenvalue weighted by molar-refractivity contribution is 8.00. The fourth-order valence-corrected chi connectivity index (χ4v) is 4.61. The van der Waals surface area contributed by atoms with Crippen LogP contribution in [0.25, 0.3) is 0 Å². The molecule has 3 rings (SSSR count). The van der Waals surface area contributed by atoms with Crippen LogP contribution in [0.3, 0.4) is 0 Å². The quantitative estimate of drug-likeness (QED) is 0.279. The van der Waals surface area contributed by atoms with Crippen molar-refractivity contribution < 1.29 is 19.1 Å². The van der Waals surface area contributed by atoms with Crippen LogP contribution in [-0.2, 0) is 20.7 Å². The van der Waals surface area contributed by atoms with Crippen LogP contribution in [0.15, 0.2) is 48.8 Å². The van der Waals surface area contributed by atoms with Gasteiger partial charge in [0.15, 0.2) is 0 Å². The van der Waals surface area contributed by atoms with Crippen molar-refractivity contribution in [1.29, 1.82) is 0 Å². The first-order chi connectivity index (χ1) is 14.3. The van der Waals surface area contributed by atoms with E-state index in [0.29, 0.717) is 17.2 Å². The number of carbonyl (C=O) groups excluding carboxylic acids is 3. The molecule has 1 aromatic carbocycles. The van der Waals surface area contributed by atoms with Gasteiger partial charge in [-0.15, -0.1) is 11.8 Å². The number of nitrogens with zero attached hydrogens (tertiary/aromatic N) is 2. The molecule has 158 valence electrons. The molecule has 6 nitrogen and oxygen atoms in total. The van der Waals surface area contributed by atoms with Crippen molar-refractivity contribution in [2.24, 2.45) is 0 Å². The molecule has 30 heavy (non-hydrogen) atoms. The summed E-state index contributed by atoms with van der Waals surface area (Å²) in [6, 6.07) is 9.15. The lowest BCUT2D eigenvalue weighted by Crippen LogP contribution is -2.52. The second-order valence-electron chi connectivity index (χ2n) is 7.42. The van der Waals surface area contributed by atoms with Gasteiger partial charge >= 0.3 is 5.97 Å². The lowest BCUT2D eigenvalue weighted by Gasteiger charge is -2.33. The normalized spacial score (nSPS) is 17.6. The lowest BCUT2D eigenvalue weighted by atomic mass is 10.1. The predicted octanol–water partition coefficient (Wildman–Crippen LogP) is 3.77. The smallest absolute Gasteiger partial charge is 0.329 e. The van der Waals surface area contributed by atoms with Gasteiger partial charge in [-0.25, -0.2) is 4.79 Å². The first kappa shape index (κ1) is 22.3. The number of pyridine rings is 1. The van der Waals surface area contributed by atoms with Crippen molar-refractivity contribution >= 4 is 41.0 Å². The Morgan fingerprint density at radius 3 is 2.63 bits per heavy atom. The SMILES string of the molecule is CC1(C)SC[C@@H](C(=O)OCCCc2cccnc2)N1C(=O)C(=O)c1ccc(Cl)cc1. The second kappa shape index (κ2) is 9.62. The molecule has 1 saturated heterocycles. The molecule has 0 N–H and O–H groups in total. The average Bonchev–Trinajstić information content (AvgIpc) is 3.06. The van der Waals surface area contributed by atoms with E-state index >= 15 is 0 Å². The molecule has 0 spiro atoms. The number of benzene rings is 1. The van der Waals surface area contributed by atoms with E-state index < -0.39 is 28.6 Å². The van der Waals surface area contributed by atoms with Crippen LogP contribution >= 0.6 is 23.4 Å². The van der Waals surface area contributed by atoms with Gasteiger partial charge in [0, 0.05) is 28.7 Å². The van der Waals surface area contributed by atoms with Crippen molar-refractivity contribution in [3.63, 3.8) is 0 Å². The number of hydrogen-bond acceptors (Lipinski definition) is 6. The van der Waals surface area contributed by atoms with E-state index in [1.165, 1.54) is 28.8 Å². The zero-order valence-corrected chi connectivity index (χ0v) is 18.4. The van der Waals surface area contributed by atoms with Crippen LogP contribution in [0.4, 0.5) is 0 Å². The van der Waals surface area contributed by atoms with Gasteiger partial charge in [0.1, 0.15) is 6.04 Å². The molecule has 0 unspecified atom stereocenters. The minimum Gasteiger partial charge on any atom is -0.464 e. The van der Waals surface area contributed by atoms with Crippen LogP contribution in [0.5, 0.6) is 0 Å². The summed E-state index contributed by atoms with van der Waals surface area (Å²) in [5, 5.41) is 0.476. The molecule has 2 heterocycles. The fraction of sp³-hybridized carbons (Fsp3) is 0.364. The van der Waals surface area contributed by atoms with Crippen molar-refractivity contribution in [3.8, 4) is 0 Å². The molecule has 1 aliphatic heterocycles. The van der Waals surface area contributed by atoms with E-state index in [1.54, 1.807) is 24.5 Å². The van der Waals surface area contributed by atoms with E-state index in [4.69, 9.17) is 16.3 Å². The number of esters is 1. The van der Waals surface area contributed by atoms with Crippen LogP contribution in [-0.4, -0.2) is 50.8 Å². The summed E-state index contributed by atoms with van der Waals surface area (Å²) in [4.78, 5) is 43.1. The van der Waals surface area contributed by atoms with Gasteiger partial charge in [0.25, 0.3) is 5.91 Å². The minimum absolute atomic E-state index is 0.237. The maximum atomic E-state index is 13.0. The number of halogens is 1. The molecule has 1 aromatic heterocycles. The summed E-state index contributed by atoms with van der Waals surface area (Å²) in [7, 11) is 0. The number of thioether (sulfide) groups is 1. The Bertz CT molecular complexity index is 918. The molecule has 1 aliphatic rings. The van der Waals surface area contributed by atoms with Crippen LogP contribution in [0.1, 0.15) is 36.2 Å². The largest absolute Gasteiger partial charge is 0.464 e.